The predicted molar refractivity (Wildman–Crippen MR) is 78.1 cm³/mol. The van der Waals surface area contributed by atoms with Crippen molar-refractivity contribution in [2.75, 3.05) is 29.9 Å². The zero-order chi connectivity index (χ0) is 14.5. The second-order valence-corrected chi connectivity index (χ2v) is 5.25. The fourth-order valence-electron chi connectivity index (χ4n) is 2.36. The first-order chi connectivity index (χ1) is 9.63. The summed E-state index contributed by atoms with van der Waals surface area (Å²) in [5, 5.41) is 14.4. The van der Waals surface area contributed by atoms with E-state index in [-0.39, 0.29) is 10.6 Å². The molecule has 0 bridgehead atoms. The molecule has 0 spiro atoms. The van der Waals surface area contributed by atoms with Crippen molar-refractivity contribution in [2.45, 2.75) is 33.1 Å². The molecule has 7 heteroatoms. The molecule has 0 atom stereocenters. The highest BCUT2D eigenvalue weighted by molar-refractivity contribution is 5.70. The molecule has 0 radical (unpaired) electrons. The van der Waals surface area contributed by atoms with Gasteiger partial charge in [-0.1, -0.05) is 13.8 Å². The number of hydrogen-bond donors (Lipinski definition) is 1. The Morgan fingerprint density at radius 2 is 2.15 bits per heavy atom. The SMILES string of the molecule is CCCNc1ncnc(N2CCC(C)CC2)c1[N+](=O)[O-]. The maximum Gasteiger partial charge on any atom is 0.353 e. The van der Waals surface area contributed by atoms with E-state index in [1.807, 2.05) is 11.8 Å². The highest BCUT2D eigenvalue weighted by Crippen LogP contribution is 2.33. The Balaban J connectivity index is 2.29. The fourth-order valence-corrected chi connectivity index (χ4v) is 2.36. The Labute approximate surface area is 118 Å². The van der Waals surface area contributed by atoms with Crippen LogP contribution in [-0.2, 0) is 0 Å². The lowest BCUT2D eigenvalue weighted by atomic mass is 9.99. The normalized spacial score (nSPS) is 16.2. The molecule has 110 valence electrons. The van der Waals surface area contributed by atoms with Crippen molar-refractivity contribution in [1.82, 2.24) is 9.97 Å². The van der Waals surface area contributed by atoms with Crippen LogP contribution in [0.15, 0.2) is 6.33 Å². The third-order valence-corrected chi connectivity index (χ3v) is 3.61. The maximum atomic E-state index is 11.4. The molecule has 0 amide bonds. The Morgan fingerprint density at radius 1 is 1.45 bits per heavy atom. The lowest BCUT2D eigenvalue weighted by Gasteiger charge is -2.30. The van der Waals surface area contributed by atoms with Gasteiger partial charge in [0, 0.05) is 19.6 Å². The molecular formula is C13H21N5O2. The highest BCUT2D eigenvalue weighted by Gasteiger charge is 2.28. The molecular weight excluding hydrogens is 258 g/mol. The summed E-state index contributed by atoms with van der Waals surface area (Å²) in [5.41, 5.74) is -0.00416. The van der Waals surface area contributed by atoms with Gasteiger partial charge in [0.2, 0.25) is 11.6 Å². The Kier molecular flexibility index (Phi) is 4.70. The zero-order valence-electron chi connectivity index (χ0n) is 12.0. The first kappa shape index (κ1) is 14.5. The molecule has 1 aliphatic rings. The molecule has 1 aromatic heterocycles. The van der Waals surface area contributed by atoms with Gasteiger partial charge in [-0.05, 0) is 25.2 Å². The van der Waals surface area contributed by atoms with Gasteiger partial charge in [0.1, 0.15) is 6.33 Å². The van der Waals surface area contributed by atoms with Crippen molar-refractivity contribution in [2.24, 2.45) is 5.92 Å². The molecule has 0 unspecified atom stereocenters. The topological polar surface area (TPSA) is 84.2 Å². The molecule has 7 nitrogen and oxygen atoms in total. The summed E-state index contributed by atoms with van der Waals surface area (Å²) in [6.45, 7) is 6.50. The van der Waals surface area contributed by atoms with E-state index in [4.69, 9.17) is 0 Å². The van der Waals surface area contributed by atoms with E-state index in [2.05, 4.69) is 22.2 Å². The van der Waals surface area contributed by atoms with Crippen molar-refractivity contribution in [3.8, 4) is 0 Å². The van der Waals surface area contributed by atoms with Crippen molar-refractivity contribution < 1.29 is 4.92 Å². The van der Waals surface area contributed by atoms with Crippen LogP contribution in [0.1, 0.15) is 33.1 Å². The summed E-state index contributed by atoms with van der Waals surface area (Å²) in [6.07, 6.45) is 4.37. The van der Waals surface area contributed by atoms with Gasteiger partial charge in [0.15, 0.2) is 0 Å². The summed E-state index contributed by atoms with van der Waals surface area (Å²) < 4.78 is 0. The van der Waals surface area contributed by atoms with Crippen molar-refractivity contribution in [3.05, 3.63) is 16.4 Å². The van der Waals surface area contributed by atoms with Crippen molar-refractivity contribution in [3.63, 3.8) is 0 Å². The molecule has 1 aliphatic heterocycles. The molecule has 1 aromatic rings. The van der Waals surface area contributed by atoms with Crippen LogP contribution >= 0.6 is 0 Å². The third-order valence-electron chi connectivity index (χ3n) is 3.61. The molecule has 1 fully saturated rings. The van der Waals surface area contributed by atoms with Crippen LogP contribution in [0.4, 0.5) is 17.3 Å². The van der Waals surface area contributed by atoms with E-state index in [0.29, 0.717) is 24.1 Å². The standard InChI is InChI=1S/C13H21N5O2/c1-3-6-14-12-11(18(19)20)13(16-9-15-12)17-7-4-10(2)5-8-17/h9-10H,3-8H2,1-2H3,(H,14,15,16). The van der Waals surface area contributed by atoms with Crippen LogP contribution in [0.25, 0.3) is 0 Å². The lowest BCUT2D eigenvalue weighted by Crippen LogP contribution is -2.34. The average molecular weight is 279 g/mol. The van der Waals surface area contributed by atoms with Gasteiger partial charge < -0.3 is 10.2 Å². The third kappa shape index (κ3) is 3.15. The molecule has 2 rings (SSSR count). The van der Waals surface area contributed by atoms with E-state index in [0.717, 1.165) is 32.4 Å². The Bertz CT molecular complexity index is 472. The zero-order valence-corrected chi connectivity index (χ0v) is 12.0. The Morgan fingerprint density at radius 3 is 2.75 bits per heavy atom. The van der Waals surface area contributed by atoms with E-state index < -0.39 is 0 Å². The second kappa shape index (κ2) is 6.49. The van der Waals surface area contributed by atoms with Gasteiger partial charge in [-0.25, -0.2) is 9.97 Å². The number of nitrogens with one attached hydrogen (secondary N) is 1. The van der Waals surface area contributed by atoms with Gasteiger partial charge in [0.25, 0.3) is 0 Å². The van der Waals surface area contributed by atoms with E-state index in [1.165, 1.54) is 6.33 Å². The van der Waals surface area contributed by atoms with Gasteiger partial charge >= 0.3 is 5.69 Å². The predicted octanol–water partition coefficient (Wildman–Crippen LogP) is 2.44. The van der Waals surface area contributed by atoms with Crippen LogP contribution in [0.5, 0.6) is 0 Å². The number of anilines is 2. The largest absolute Gasteiger partial charge is 0.364 e. The summed E-state index contributed by atoms with van der Waals surface area (Å²) in [4.78, 5) is 21.2. The molecule has 0 aliphatic carbocycles. The number of piperidine rings is 1. The van der Waals surface area contributed by atoms with E-state index >= 15 is 0 Å². The lowest BCUT2D eigenvalue weighted by molar-refractivity contribution is -0.383. The minimum Gasteiger partial charge on any atom is -0.364 e. The minimum atomic E-state index is -0.384. The average Bonchev–Trinajstić information content (AvgIpc) is 2.45. The molecule has 1 N–H and O–H groups in total. The maximum absolute atomic E-state index is 11.4. The highest BCUT2D eigenvalue weighted by atomic mass is 16.6. The fraction of sp³-hybridized carbons (Fsp3) is 0.692. The first-order valence-corrected chi connectivity index (χ1v) is 7.11. The number of aromatic nitrogens is 2. The van der Waals surface area contributed by atoms with Crippen LogP contribution in [-0.4, -0.2) is 34.5 Å². The summed E-state index contributed by atoms with van der Waals surface area (Å²) in [7, 11) is 0. The van der Waals surface area contributed by atoms with Crippen LogP contribution in [0.2, 0.25) is 0 Å². The molecule has 0 saturated carbocycles. The molecule has 1 saturated heterocycles. The molecule has 20 heavy (non-hydrogen) atoms. The van der Waals surface area contributed by atoms with Crippen LogP contribution < -0.4 is 10.2 Å². The van der Waals surface area contributed by atoms with Gasteiger partial charge in [-0.2, -0.15) is 0 Å². The van der Waals surface area contributed by atoms with Gasteiger partial charge in [0.05, 0.1) is 4.92 Å². The summed E-state index contributed by atoms with van der Waals surface area (Å²) in [6, 6.07) is 0. The van der Waals surface area contributed by atoms with Crippen molar-refractivity contribution in [1.29, 1.82) is 0 Å². The van der Waals surface area contributed by atoms with Crippen LogP contribution in [0.3, 0.4) is 0 Å². The first-order valence-electron chi connectivity index (χ1n) is 7.11. The number of nitrogens with zero attached hydrogens (tertiary/aromatic N) is 4. The monoisotopic (exact) mass is 279 g/mol. The van der Waals surface area contributed by atoms with E-state index in [1.54, 1.807) is 0 Å². The van der Waals surface area contributed by atoms with Gasteiger partial charge in [-0.15, -0.1) is 0 Å². The Hall–Kier alpha value is -1.92. The summed E-state index contributed by atoms with van der Waals surface area (Å²) in [5.74, 6) is 1.43. The minimum absolute atomic E-state index is 0.00416. The molecule has 2 heterocycles. The quantitative estimate of drug-likeness (QED) is 0.658. The van der Waals surface area contributed by atoms with Crippen LogP contribution in [0, 0.1) is 16.0 Å². The smallest absolute Gasteiger partial charge is 0.353 e. The molecule has 0 aromatic carbocycles. The second-order valence-electron chi connectivity index (χ2n) is 5.25. The van der Waals surface area contributed by atoms with Crippen molar-refractivity contribution >= 4 is 17.3 Å². The van der Waals surface area contributed by atoms with E-state index in [9.17, 15) is 10.1 Å². The van der Waals surface area contributed by atoms with Gasteiger partial charge in [-0.3, -0.25) is 10.1 Å². The summed E-state index contributed by atoms with van der Waals surface area (Å²) >= 11 is 0. The number of rotatable bonds is 5. The number of hydrogen-bond acceptors (Lipinski definition) is 6. The number of nitro groups is 1.